The van der Waals surface area contributed by atoms with Crippen molar-refractivity contribution in [2.75, 3.05) is 5.73 Å². The standard InChI is InChI=1S/C12H14N4O2/c1-7(2)10-11(14-15-12(10)13)8-4-3-5-9(6-8)16(17)18/h3-7H,1-2H3,(H3,13,14,15). The maximum absolute atomic E-state index is 10.8. The molecule has 3 N–H and O–H groups in total. The second-order valence-corrected chi connectivity index (χ2v) is 4.36. The summed E-state index contributed by atoms with van der Waals surface area (Å²) in [7, 11) is 0. The fraction of sp³-hybridized carbons (Fsp3) is 0.250. The lowest BCUT2D eigenvalue weighted by Crippen LogP contribution is -1.95. The fourth-order valence-electron chi connectivity index (χ4n) is 1.94. The van der Waals surface area contributed by atoms with Crippen LogP contribution in [-0.4, -0.2) is 15.1 Å². The quantitative estimate of drug-likeness (QED) is 0.642. The largest absolute Gasteiger partial charge is 0.382 e. The maximum Gasteiger partial charge on any atom is 0.270 e. The van der Waals surface area contributed by atoms with Crippen LogP contribution in [0, 0.1) is 10.1 Å². The molecule has 1 aromatic heterocycles. The van der Waals surface area contributed by atoms with Crippen molar-refractivity contribution in [1.29, 1.82) is 0 Å². The van der Waals surface area contributed by atoms with Gasteiger partial charge < -0.3 is 5.73 Å². The van der Waals surface area contributed by atoms with Crippen molar-refractivity contribution >= 4 is 11.5 Å². The minimum atomic E-state index is -0.418. The van der Waals surface area contributed by atoms with Gasteiger partial charge in [0.1, 0.15) is 5.82 Å². The molecule has 0 amide bonds. The van der Waals surface area contributed by atoms with Gasteiger partial charge in [-0.3, -0.25) is 15.2 Å². The number of hydrogen-bond acceptors (Lipinski definition) is 4. The molecule has 6 heteroatoms. The van der Waals surface area contributed by atoms with Gasteiger partial charge in [0.05, 0.1) is 10.6 Å². The molecule has 1 heterocycles. The van der Waals surface area contributed by atoms with Gasteiger partial charge in [-0.1, -0.05) is 26.0 Å². The number of rotatable bonds is 3. The van der Waals surface area contributed by atoms with Crippen molar-refractivity contribution < 1.29 is 4.92 Å². The minimum Gasteiger partial charge on any atom is -0.382 e. The number of anilines is 1. The first-order valence-corrected chi connectivity index (χ1v) is 5.59. The van der Waals surface area contributed by atoms with E-state index in [4.69, 9.17) is 5.73 Å². The van der Waals surface area contributed by atoms with E-state index >= 15 is 0 Å². The van der Waals surface area contributed by atoms with Gasteiger partial charge in [-0.2, -0.15) is 5.10 Å². The van der Waals surface area contributed by atoms with E-state index in [1.807, 2.05) is 13.8 Å². The molecule has 0 fully saturated rings. The lowest BCUT2D eigenvalue weighted by atomic mass is 9.98. The second-order valence-electron chi connectivity index (χ2n) is 4.36. The number of nitro benzene ring substituents is 1. The first kappa shape index (κ1) is 12.1. The number of H-pyrrole nitrogens is 1. The number of nitrogens with one attached hydrogen (secondary N) is 1. The zero-order valence-electron chi connectivity index (χ0n) is 10.2. The summed E-state index contributed by atoms with van der Waals surface area (Å²) in [5.74, 6) is 0.629. The highest BCUT2D eigenvalue weighted by Gasteiger charge is 2.17. The summed E-state index contributed by atoms with van der Waals surface area (Å²) in [5.41, 5.74) is 8.20. The van der Waals surface area contributed by atoms with E-state index in [9.17, 15) is 10.1 Å². The Labute approximate surface area is 104 Å². The van der Waals surface area contributed by atoms with Crippen LogP contribution in [0.25, 0.3) is 11.3 Å². The van der Waals surface area contributed by atoms with E-state index in [2.05, 4.69) is 10.2 Å². The van der Waals surface area contributed by atoms with Gasteiger partial charge in [-0.15, -0.1) is 0 Å². The van der Waals surface area contributed by atoms with Crippen molar-refractivity contribution in [2.24, 2.45) is 0 Å². The first-order chi connectivity index (χ1) is 8.50. The molecule has 0 spiro atoms. The summed E-state index contributed by atoms with van der Waals surface area (Å²) < 4.78 is 0. The lowest BCUT2D eigenvalue weighted by molar-refractivity contribution is -0.384. The second kappa shape index (κ2) is 4.48. The molecular formula is C12H14N4O2. The Morgan fingerprint density at radius 1 is 1.44 bits per heavy atom. The minimum absolute atomic E-state index is 0.0513. The normalized spacial score (nSPS) is 10.8. The van der Waals surface area contributed by atoms with E-state index < -0.39 is 4.92 Å². The molecule has 0 aliphatic carbocycles. The number of nitro groups is 1. The molecule has 0 bridgehead atoms. The summed E-state index contributed by atoms with van der Waals surface area (Å²) in [6.07, 6.45) is 0. The van der Waals surface area contributed by atoms with Crippen molar-refractivity contribution in [3.05, 3.63) is 39.9 Å². The molecule has 0 unspecified atom stereocenters. The molecule has 0 aliphatic rings. The third kappa shape index (κ3) is 2.04. The summed E-state index contributed by atoms with van der Waals surface area (Å²) in [6, 6.07) is 6.41. The number of aromatic nitrogens is 2. The van der Waals surface area contributed by atoms with Crippen LogP contribution in [0.2, 0.25) is 0 Å². The van der Waals surface area contributed by atoms with E-state index in [1.165, 1.54) is 12.1 Å². The number of hydrogen-bond donors (Lipinski definition) is 2. The number of aromatic amines is 1. The Hall–Kier alpha value is -2.37. The van der Waals surface area contributed by atoms with Gasteiger partial charge in [-0.25, -0.2) is 0 Å². The van der Waals surface area contributed by atoms with E-state index in [1.54, 1.807) is 12.1 Å². The van der Waals surface area contributed by atoms with Crippen molar-refractivity contribution in [3.63, 3.8) is 0 Å². The Balaban J connectivity index is 2.55. The summed E-state index contributed by atoms with van der Waals surface area (Å²) >= 11 is 0. The zero-order valence-corrected chi connectivity index (χ0v) is 10.2. The molecular weight excluding hydrogens is 232 g/mol. The number of non-ortho nitro benzene ring substituents is 1. The maximum atomic E-state index is 10.8. The molecule has 18 heavy (non-hydrogen) atoms. The van der Waals surface area contributed by atoms with Gasteiger partial charge >= 0.3 is 0 Å². The average molecular weight is 246 g/mol. The van der Waals surface area contributed by atoms with Crippen LogP contribution >= 0.6 is 0 Å². The number of nitrogens with two attached hydrogens (primary N) is 1. The molecule has 0 saturated carbocycles. The first-order valence-electron chi connectivity index (χ1n) is 5.59. The molecule has 0 radical (unpaired) electrons. The Morgan fingerprint density at radius 2 is 2.17 bits per heavy atom. The summed E-state index contributed by atoms with van der Waals surface area (Å²) in [6.45, 7) is 4.00. The van der Waals surface area contributed by atoms with Gasteiger partial charge in [0.15, 0.2) is 0 Å². The topological polar surface area (TPSA) is 97.8 Å². The monoisotopic (exact) mass is 246 g/mol. The smallest absolute Gasteiger partial charge is 0.270 e. The highest BCUT2D eigenvalue weighted by Crippen LogP contribution is 2.32. The SMILES string of the molecule is CC(C)c1c(N)n[nH]c1-c1cccc([N+](=O)[O-])c1. The molecule has 2 aromatic rings. The summed E-state index contributed by atoms with van der Waals surface area (Å²) in [5, 5.41) is 17.6. The van der Waals surface area contributed by atoms with Gasteiger partial charge in [-0.05, 0) is 5.92 Å². The van der Waals surface area contributed by atoms with Crippen LogP contribution in [0.15, 0.2) is 24.3 Å². The average Bonchev–Trinajstić information content (AvgIpc) is 2.71. The molecule has 2 rings (SSSR count). The predicted octanol–water partition coefficient (Wildman–Crippen LogP) is 2.69. The van der Waals surface area contributed by atoms with Crippen LogP contribution in [-0.2, 0) is 0 Å². The Kier molecular flexibility index (Phi) is 3.01. The van der Waals surface area contributed by atoms with Crippen LogP contribution in [0.3, 0.4) is 0 Å². The van der Waals surface area contributed by atoms with E-state index in [0.717, 1.165) is 16.8 Å². The van der Waals surface area contributed by atoms with Gasteiger partial charge in [0, 0.05) is 23.3 Å². The highest BCUT2D eigenvalue weighted by atomic mass is 16.6. The van der Waals surface area contributed by atoms with Gasteiger partial charge in [0.25, 0.3) is 5.69 Å². The van der Waals surface area contributed by atoms with Crippen LogP contribution < -0.4 is 5.73 Å². The lowest BCUT2D eigenvalue weighted by Gasteiger charge is -2.07. The highest BCUT2D eigenvalue weighted by molar-refractivity contribution is 5.70. The van der Waals surface area contributed by atoms with Crippen molar-refractivity contribution in [3.8, 4) is 11.3 Å². The van der Waals surface area contributed by atoms with Gasteiger partial charge in [0.2, 0.25) is 0 Å². The zero-order chi connectivity index (χ0) is 13.3. The molecule has 0 saturated heterocycles. The van der Waals surface area contributed by atoms with E-state index in [-0.39, 0.29) is 11.6 Å². The third-order valence-corrected chi connectivity index (χ3v) is 2.76. The number of nitrogen functional groups attached to an aromatic ring is 1. The number of nitrogens with zero attached hydrogens (tertiary/aromatic N) is 2. The number of benzene rings is 1. The van der Waals surface area contributed by atoms with Crippen LogP contribution in [0.4, 0.5) is 11.5 Å². The molecule has 0 aliphatic heterocycles. The predicted molar refractivity (Wildman–Crippen MR) is 69.2 cm³/mol. The van der Waals surface area contributed by atoms with Crippen LogP contribution in [0.5, 0.6) is 0 Å². The molecule has 94 valence electrons. The van der Waals surface area contributed by atoms with Crippen molar-refractivity contribution in [1.82, 2.24) is 10.2 Å². The Morgan fingerprint density at radius 3 is 2.78 bits per heavy atom. The third-order valence-electron chi connectivity index (χ3n) is 2.76. The van der Waals surface area contributed by atoms with Crippen molar-refractivity contribution in [2.45, 2.75) is 19.8 Å². The Bertz CT molecular complexity index is 590. The molecule has 1 aromatic carbocycles. The molecule has 6 nitrogen and oxygen atoms in total. The summed E-state index contributed by atoms with van der Waals surface area (Å²) in [4.78, 5) is 10.3. The van der Waals surface area contributed by atoms with Crippen LogP contribution in [0.1, 0.15) is 25.3 Å². The fourth-order valence-corrected chi connectivity index (χ4v) is 1.94. The van der Waals surface area contributed by atoms with E-state index in [0.29, 0.717) is 5.82 Å². The molecule has 0 atom stereocenters.